The first-order valence-electron chi connectivity index (χ1n) is 19.5. The summed E-state index contributed by atoms with van der Waals surface area (Å²) in [6.45, 7) is 5.45. The molecular weight excluding hydrogens is 709 g/mol. The molecule has 4 aromatic rings. The fourth-order valence-corrected chi connectivity index (χ4v) is 7.61. The fourth-order valence-electron chi connectivity index (χ4n) is 7.61. The molecule has 0 saturated carbocycles. The van der Waals surface area contributed by atoms with Gasteiger partial charge in [-0.1, -0.05) is 79.7 Å². The number of fused-ring (bicyclic) bond motifs is 2. The summed E-state index contributed by atoms with van der Waals surface area (Å²) in [5.41, 5.74) is 3.30. The summed E-state index contributed by atoms with van der Waals surface area (Å²) < 4.78 is 5.79. The first-order valence-corrected chi connectivity index (χ1v) is 19.5. The summed E-state index contributed by atoms with van der Waals surface area (Å²) in [7, 11) is 0. The van der Waals surface area contributed by atoms with Gasteiger partial charge in [0.1, 0.15) is 5.75 Å². The van der Waals surface area contributed by atoms with Crippen LogP contribution in [0.3, 0.4) is 0 Å². The van der Waals surface area contributed by atoms with Gasteiger partial charge in [-0.3, -0.25) is 19.3 Å². The van der Waals surface area contributed by atoms with Crippen molar-refractivity contribution >= 4 is 34.8 Å². The minimum Gasteiger partial charge on any atom is -0.494 e. The summed E-state index contributed by atoms with van der Waals surface area (Å²) in [6.07, 6.45) is 5.32. The van der Waals surface area contributed by atoms with E-state index in [1.165, 1.54) is 0 Å². The van der Waals surface area contributed by atoms with Gasteiger partial charge in [0.2, 0.25) is 11.8 Å². The number of carbonyl (C=O) groups is 3. The molecule has 0 bridgehead atoms. The van der Waals surface area contributed by atoms with E-state index in [9.17, 15) is 29.7 Å². The lowest BCUT2D eigenvalue weighted by Gasteiger charge is -2.35. The molecule has 3 amide bonds. The molecule has 0 aliphatic carbocycles. The number of hydrogen-bond donors (Lipinski definition) is 4. The van der Waals surface area contributed by atoms with Gasteiger partial charge in [-0.2, -0.15) is 0 Å². The van der Waals surface area contributed by atoms with Crippen LogP contribution < -0.4 is 19.9 Å². The van der Waals surface area contributed by atoms with Crippen molar-refractivity contribution in [2.24, 2.45) is 5.92 Å². The van der Waals surface area contributed by atoms with Crippen LogP contribution in [0.25, 0.3) is 0 Å². The average Bonchev–Trinajstić information content (AvgIpc) is 3.42. The number of amides is 3. The van der Waals surface area contributed by atoms with Crippen LogP contribution in [-0.4, -0.2) is 76.9 Å². The Bertz CT molecular complexity index is 2020. The van der Waals surface area contributed by atoms with Crippen molar-refractivity contribution in [1.82, 2.24) is 10.2 Å². The van der Waals surface area contributed by atoms with E-state index >= 15 is 0 Å². The smallest absolute Gasteiger partial charge is 0.264 e. The lowest BCUT2D eigenvalue weighted by molar-refractivity contribution is -0.139. The largest absolute Gasteiger partial charge is 0.494 e. The molecule has 56 heavy (non-hydrogen) atoms. The topological polar surface area (TPSA) is 143 Å². The number of anilines is 3. The summed E-state index contributed by atoms with van der Waals surface area (Å²) >= 11 is 0. The maximum atomic E-state index is 14.3. The summed E-state index contributed by atoms with van der Waals surface area (Å²) in [5, 5.41) is 34.5. The summed E-state index contributed by atoms with van der Waals surface area (Å²) in [6, 6.07) is 29.6. The van der Waals surface area contributed by atoms with Crippen LogP contribution in [0.5, 0.6) is 5.75 Å². The molecule has 3 atom stereocenters. The molecule has 2 aliphatic heterocycles. The second-order valence-electron chi connectivity index (χ2n) is 14.3. The predicted octanol–water partition coefficient (Wildman–Crippen LogP) is 5.37. The van der Waals surface area contributed by atoms with E-state index in [0.29, 0.717) is 49.5 Å². The van der Waals surface area contributed by atoms with Gasteiger partial charge in [0.15, 0.2) is 5.60 Å². The van der Waals surface area contributed by atoms with E-state index in [-0.39, 0.29) is 44.5 Å². The number of carbonyl (C=O) groups excluding carboxylic acids is 3. The van der Waals surface area contributed by atoms with E-state index in [4.69, 9.17) is 4.74 Å². The number of aliphatic hydroxyl groups is 3. The highest BCUT2D eigenvalue weighted by Crippen LogP contribution is 2.46. The van der Waals surface area contributed by atoms with Crippen molar-refractivity contribution in [1.29, 1.82) is 0 Å². The molecule has 2 aliphatic rings. The van der Waals surface area contributed by atoms with E-state index in [0.717, 1.165) is 34.5 Å². The van der Waals surface area contributed by atoms with Crippen LogP contribution in [-0.2, 0) is 39.5 Å². The maximum absolute atomic E-state index is 14.3. The van der Waals surface area contributed by atoms with Gasteiger partial charge < -0.3 is 35.2 Å². The molecule has 0 aromatic heterocycles. The Balaban J connectivity index is 1.22. The quantitative estimate of drug-likeness (QED) is 0.0784. The molecule has 0 spiro atoms. The molecular formula is C45H52N4O7. The number of para-hydroxylation sites is 1. The number of rotatable bonds is 18. The van der Waals surface area contributed by atoms with Crippen LogP contribution in [0.1, 0.15) is 55.4 Å². The Hall–Kier alpha value is -5.33. The molecule has 0 saturated heterocycles. The average molecular weight is 761 g/mol. The standard InChI is InChI=1S/C45H52N4O7/c1-3-56-37-21-22-40-35(28-37)29-39(46-23-9-10-25-50)43(53)49(40)36-17-12-16-34(27-36)31-48-41-19-8-7-18-38(41)45(55,44(48)54)32(2)13-11-20-42(52)47(24-26-51)30-33-14-5-4-6-15-33/h4-8,11-19,21-22,27-28,32,39,46,50-51,55H,3,9-10,20,23-26,29-31H2,1-2H3/b13-11+/t32-,39?,45+/m0/s1. The van der Waals surface area contributed by atoms with E-state index in [1.54, 1.807) is 45.9 Å². The molecule has 0 radical (unpaired) electrons. The van der Waals surface area contributed by atoms with Crippen molar-refractivity contribution < 1.29 is 34.4 Å². The molecule has 1 unspecified atom stereocenters. The Morgan fingerprint density at radius 2 is 1.71 bits per heavy atom. The molecule has 4 aromatic carbocycles. The lowest BCUT2D eigenvalue weighted by Crippen LogP contribution is -2.49. The van der Waals surface area contributed by atoms with Crippen molar-refractivity contribution in [3.05, 3.63) is 131 Å². The summed E-state index contributed by atoms with van der Waals surface area (Å²) in [4.78, 5) is 46.5. The minimum atomic E-state index is -1.88. The first-order chi connectivity index (χ1) is 27.2. The Kier molecular flexibility index (Phi) is 13.4. The Morgan fingerprint density at radius 1 is 0.946 bits per heavy atom. The SMILES string of the molecule is CCOc1ccc2c(c1)CC(NCCCCO)C(=O)N2c1cccc(CN2C(=O)[C@@](O)([C@@H](C)/C=C/CC(=O)N(CCO)Cc3ccccc3)c3ccccc32)c1. The fraction of sp³-hybridized carbons (Fsp3) is 0.356. The number of unbranched alkanes of at least 4 members (excludes halogenated alkanes) is 1. The van der Waals surface area contributed by atoms with Crippen LogP contribution in [0.4, 0.5) is 17.1 Å². The molecule has 6 rings (SSSR count). The number of hydrogen-bond acceptors (Lipinski definition) is 8. The molecule has 2 heterocycles. The maximum Gasteiger partial charge on any atom is 0.264 e. The number of nitrogens with one attached hydrogen (secondary N) is 1. The molecule has 4 N–H and O–H groups in total. The predicted molar refractivity (Wildman–Crippen MR) is 216 cm³/mol. The highest BCUT2D eigenvalue weighted by atomic mass is 16.5. The van der Waals surface area contributed by atoms with Gasteiger partial charge >= 0.3 is 0 Å². The highest BCUT2D eigenvalue weighted by Gasteiger charge is 2.52. The van der Waals surface area contributed by atoms with Crippen molar-refractivity contribution in [2.45, 2.75) is 64.3 Å². The van der Waals surface area contributed by atoms with Gasteiger partial charge in [0, 0.05) is 43.3 Å². The van der Waals surface area contributed by atoms with Gasteiger partial charge in [0.05, 0.1) is 37.2 Å². The minimum absolute atomic E-state index is 0.0456. The zero-order valence-corrected chi connectivity index (χ0v) is 32.1. The normalized spacial score (nSPS) is 18.3. The van der Waals surface area contributed by atoms with Crippen molar-refractivity contribution in [3.8, 4) is 5.75 Å². The van der Waals surface area contributed by atoms with Crippen LogP contribution in [0, 0.1) is 5.92 Å². The van der Waals surface area contributed by atoms with Gasteiger partial charge in [-0.05, 0) is 85.8 Å². The van der Waals surface area contributed by atoms with Gasteiger partial charge in [-0.15, -0.1) is 0 Å². The van der Waals surface area contributed by atoms with Crippen LogP contribution >= 0.6 is 0 Å². The second-order valence-corrected chi connectivity index (χ2v) is 14.3. The van der Waals surface area contributed by atoms with Crippen LogP contribution in [0.2, 0.25) is 0 Å². The number of nitrogens with zero attached hydrogens (tertiary/aromatic N) is 3. The first kappa shape index (κ1) is 40.3. The molecule has 0 fully saturated rings. The number of aliphatic hydroxyl groups excluding tert-OH is 2. The van der Waals surface area contributed by atoms with E-state index in [2.05, 4.69) is 5.32 Å². The van der Waals surface area contributed by atoms with Gasteiger partial charge in [0.25, 0.3) is 5.91 Å². The third-order valence-electron chi connectivity index (χ3n) is 10.5. The number of ether oxygens (including phenoxy) is 1. The lowest BCUT2D eigenvalue weighted by atomic mass is 9.83. The van der Waals surface area contributed by atoms with E-state index < -0.39 is 23.5 Å². The molecule has 11 heteroatoms. The van der Waals surface area contributed by atoms with E-state index in [1.807, 2.05) is 91.9 Å². The highest BCUT2D eigenvalue weighted by molar-refractivity contribution is 6.08. The second kappa shape index (κ2) is 18.5. The Morgan fingerprint density at radius 3 is 2.48 bits per heavy atom. The third kappa shape index (κ3) is 8.71. The van der Waals surface area contributed by atoms with Crippen LogP contribution in [0.15, 0.2) is 109 Å². The summed E-state index contributed by atoms with van der Waals surface area (Å²) in [5.74, 6) is -0.695. The third-order valence-corrected chi connectivity index (χ3v) is 10.5. The Labute approximate surface area is 328 Å². The zero-order valence-electron chi connectivity index (χ0n) is 32.1. The number of benzene rings is 4. The zero-order chi connectivity index (χ0) is 39.7. The molecule has 294 valence electrons. The van der Waals surface area contributed by atoms with Gasteiger partial charge in [-0.25, -0.2) is 0 Å². The van der Waals surface area contributed by atoms with Crippen molar-refractivity contribution in [2.75, 3.05) is 42.7 Å². The monoisotopic (exact) mass is 760 g/mol. The molecule has 11 nitrogen and oxygen atoms in total. The van der Waals surface area contributed by atoms with Crippen molar-refractivity contribution in [3.63, 3.8) is 0 Å².